The monoisotopic (exact) mass is 372 g/mol. The minimum Gasteiger partial charge on any atom is -1.00 e. The Labute approximate surface area is 98.3 Å². The Morgan fingerprint density at radius 1 is 1.00 bits per heavy atom. The number of allylic oxidation sites excluding steroid dienone is 1. The Hall–Kier alpha value is 0.603. The standard InChI is InChI=1S/C4F7.HI.Zn/c5-1-2(6)3(7,8)4(9,10)11;;/h;1H;/q-1;;+2/p-1. The van der Waals surface area contributed by atoms with Gasteiger partial charge < -0.3 is 28.4 Å². The molecule has 0 rings (SSSR count). The van der Waals surface area contributed by atoms with Gasteiger partial charge in [-0.15, -0.1) is 0 Å². The fourth-order valence-corrected chi connectivity index (χ4v) is 0.184. The number of hydrogen-bond acceptors (Lipinski definition) is 0. The quantitative estimate of drug-likeness (QED) is 0.258. The second-order valence-corrected chi connectivity index (χ2v) is 1.48. The molecule has 0 bridgehead atoms. The Morgan fingerprint density at radius 3 is 1.38 bits per heavy atom. The molecule has 0 spiro atoms. The van der Waals surface area contributed by atoms with Crippen LogP contribution in [0.25, 0.3) is 0 Å². The largest absolute Gasteiger partial charge is 2.00 e. The number of hydrogen-bond donors (Lipinski definition) is 0. The first kappa shape index (κ1) is 19.2. The van der Waals surface area contributed by atoms with Crippen molar-refractivity contribution in [2.75, 3.05) is 0 Å². The van der Waals surface area contributed by atoms with Crippen LogP contribution in [0.5, 0.6) is 0 Å². The molecule has 0 aliphatic rings. The third kappa shape index (κ3) is 4.57. The third-order valence-corrected chi connectivity index (χ3v) is 0.715. The van der Waals surface area contributed by atoms with Crippen molar-refractivity contribution in [2.45, 2.75) is 12.1 Å². The van der Waals surface area contributed by atoms with Crippen LogP contribution in [-0.4, -0.2) is 12.1 Å². The summed E-state index contributed by atoms with van der Waals surface area (Å²) in [5, 5.41) is 0. The molecule has 0 radical (unpaired) electrons. The van der Waals surface area contributed by atoms with E-state index in [1.165, 1.54) is 0 Å². The van der Waals surface area contributed by atoms with Crippen LogP contribution in [-0.2, 0) is 19.5 Å². The fraction of sp³-hybridized carbons (Fsp3) is 0.500. The average Bonchev–Trinajstić information content (AvgIpc) is 1.83. The summed E-state index contributed by atoms with van der Waals surface area (Å²) in [6.07, 6.45) is -6.54. The van der Waals surface area contributed by atoms with Gasteiger partial charge in [0, 0.05) is 5.83 Å². The zero-order chi connectivity index (χ0) is 9.28. The molecule has 0 saturated carbocycles. The van der Waals surface area contributed by atoms with Gasteiger partial charge in [-0.25, -0.2) is 4.39 Å². The second-order valence-electron chi connectivity index (χ2n) is 1.48. The van der Waals surface area contributed by atoms with Crippen molar-refractivity contribution >= 4 is 0 Å². The van der Waals surface area contributed by atoms with Gasteiger partial charge in [0.2, 0.25) is 0 Å². The molecule has 9 heteroatoms. The predicted octanol–water partition coefficient (Wildman–Crippen LogP) is -0.231. The van der Waals surface area contributed by atoms with Crippen molar-refractivity contribution < 1.29 is 74.2 Å². The average molecular weight is 373 g/mol. The maximum absolute atomic E-state index is 11.5. The summed E-state index contributed by atoms with van der Waals surface area (Å²) in [4.78, 5) is 0. The van der Waals surface area contributed by atoms with Crippen molar-refractivity contribution in [2.24, 2.45) is 0 Å². The maximum Gasteiger partial charge on any atom is 2.00 e. The molecule has 0 fully saturated rings. The van der Waals surface area contributed by atoms with Crippen molar-refractivity contribution in [3.05, 3.63) is 12.2 Å². The summed E-state index contributed by atoms with van der Waals surface area (Å²) in [6, 6.07) is 0. The number of alkyl halides is 5. The van der Waals surface area contributed by atoms with E-state index in [1.54, 1.807) is 0 Å². The molecule has 0 aromatic heterocycles. The molecule has 0 heterocycles. The maximum atomic E-state index is 11.5. The van der Waals surface area contributed by atoms with Crippen LogP contribution in [0.1, 0.15) is 0 Å². The number of halogens is 8. The minimum atomic E-state index is -6.13. The van der Waals surface area contributed by atoms with Crippen molar-refractivity contribution in [1.29, 1.82) is 0 Å². The van der Waals surface area contributed by atoms with Crippen molar-refractivity contribution in [1.82, 2.24) is 0 Å². The Morgan fingerprint density at radius 2 is 1.31 bits per heavy atom. The Bertz CT molecular complexity index is 174. The van der Waals surface area contributed by atoms with Gasteiger partial charge in [0.25, 0.3) is 0 Å². The molecule has 0 saturated heterocycles. The van der Waals surface area contributed by atoms with Gasteiger partial charge in [0.15, 0.2) is 0 Å². The van der Waals surface area contributed by atoms with Gasteiger partial charge >= 0.3 is 31.6 Å². The molecule has 0 nitrogen and oxygen atoms in total. The second kappa shape index (κ2) is 6.16. The van der Waals surface area contributed by atoms with E-state index < -0.39 is 24.3 Å². The van der Waals surface area contributed by atoms with Crippen molar-refractivity contribution in [3.8, 4) is 0 Å². The van der Waals surface area contributed by atoms with Crippen LogP contribution in [0.3, 0.4) is 0 Å². The molecule has 0 N–H and O–H groups in total. The first-order chi connectivity index (χ1) is 4.73. The molecule has 0 aromatic carbocycles. The third-order valence-electron chi connectivity index (χ3n) is 0.715. The summed E-state index contributed by atoms with van der Waals surface area (Å²) in [5.74, 6) is -9.06. The zero-order valence-corrected chi connectivity index (χ0v) is 10.9. The minimum absolute atomic E-state index is 0. The normalized spacial score (nSPS) is 13.0. The Balaban J connectivity index is -0.000000500. The van der Waals surface area contributed by atoms with Crippen LogP contribution in [0.15, 0.2) is 5.83 Å². The van der Waals surface area contributed by atoms with E-state index in [-0.39, 0.29) is 43.5 Å². The summed E-state index contributed by atoms with van der Waals surface area (Å²) >= 11 is 0. The van der Waals surface area contributed by atoms with E-state index in [2.05, 4.69) is 0 Å². The van der Waals surface area contributed by atoms with Crippen LogP contribution in [0.4, 0.5) is 30.7 Å². The zero-order valence-electron chi connectivity index (χ0n) is 5.73. The van der Waals surface area contributed by atoms with Gasteiger partial charge in [-0.1, -0.05) is 0 Å². The predicted molar refractivity (Wildman–Crippen MR) is 20.0 cm³/mol. The fourth-order valence-electron chi connectivity index (χ4n) is 0.184. The topological polar surface area (TPSA) is 0 Å². The molecule has 0 aliphatic heterocycles. The molecule has 0 unspecified atom stereocenters. The van der Waals surface area contributed by atoms with Gasteiger partial charge in [-0.2, -0.15) is 22.0 Å². The molecule has 74 valence electrons. The summed E-state index contributed by atoms with van der Waals surface area (Å²) in [5.41, 5.74) is 0. The van der Waals surface area contributed by atoms with Crippen LogP contribution >= 0.6 is 0 Å². The van der Waals surface area contributed by atoms with Gasteiger partial charge in [-0.05, 0) is 0 Å². The first-order valence-corrected chi connectivity index (χ1v) is 2.07. The first-order valence-electron chi connectivity index (χ1n) is 2.07. The molecule has 0 amide bonds. The van der Waals surface area contributed by atoms with Gasteiger partial charge in [0.05, 0.1) is 0 Å². The molecule has 13 heavy (non-hydrogen) atoms. The number of rotatable bonds is 1. The smallest absolute Gasteiger partial charge is 1.00 e. The molecule has 0 atom stereocenters. The SMILES string of the molecule is F[C-]=C(F)C(F)(F)C(F)(F)F.[I-].[Zn+2]. The van der Waals surface area contributed by atoms with Gasteiger partial charge in [-0.3, -0.25) is 6.33 Å². The summed E-state index contributed by atoms with van der Waals surface area (Å²) in [6.45, 7) is 0. The van der Waals surface area contributed by atoms with Crippen LogP contribution in [0.2, 0.25) is 0 Å². The van der Waals surface area contributed by atoms with E-state index in [4.69, 9.17) is 0 Å². The van der Waals surface area contributed by atoms with E-state index in [9.17, 15) is 30.7 Å². The van der Waals surface area contributed by atoms with Crippen LogP contribution < -0.4 is 24.0 Å². The molecular weight excluding hydrogens is 373 g/mol. The van der Waals surface area contributed by atoms with E-state index in [0.29, 0.717) is 0 Å². The summed E-state index contributed by atoms with van der Waals surface area (Å²) < 4.78 is 78.3. The van der Waals surface area contributed by atoms with Crippen LogP contribution in [0, 0.1) is 6.33 Å². The molecule has 0 aliphatic carbocycles. The van der Waals surface area contributed by atoms with Crippen molar-refractivity contribution in [3.63, 3.8) is 0 Å². The Kier molecular flexibility index (Phi) is 9.10. The molecule has 0 aromatic rings. The summed E-state index contributed by atoms with van der Waals surface area (Å²) in [7, 11) is 0. The van der Waals surface area contributed by atoms with E-state index in [1.807, 2.05) is 0 Å². The molecular formula is C4F7IZn. The van der Waals surface area contributed by atoms with Gasteiger partial charge in [0.1, 0.15) is 0 Å². The van der Waals surface area contributed by atoms with E-state index in [0.717, 1.165) is 0 Å². The van der Waals surface area contributed by atoms with E-state index >= 15 is 0 Å².